The van der Waals surface area contributed by atoms with Gasteiger partial charge in [0, 0.05) is 24.5 Å². The quantitative estimate of drug-likeness (QED) is 0.335. The Labute approximate surface area is 215 Å². The van der Waals surface area contributed by atoms with E-state index in [-0.39, 0.29) is 35.3 Å². The van der Waals surface area contributed by atoms with Crippen molar-refractivity contribution in [3.8, 4) is 17.2 Å². The molecule has 0 amide bonds. The molecule has 7 rings (SSSR count). The molecule has 2 aliphatic heterocycles. The van der Waals surface area contributed by atoms with Crippen molar-refractivity contribution in [1.82, 2.24) is 4.57 Å². The first-order valence-electron chi connectivity index (χ1n) is 11.8. The van der Waals surface area contributed by atoms with Crippen molar-refractivity contribution in [2.45, 2.75) is 12.5 Å². The molecule has 1 saturated heterocycles. The summed E-state index contributed by atoms with van der Waals surface area (Å²) in [6.07, 6.45) is 2.13. The van der Waals surface area contributed by atoms with E-state index in [2.05, 4.69) is 5.73 Å². The summed E-state index contributed by atoms with van der Waals surface area (Å²) in [4.78, 5) is 26.9. The van der Waals surface area contributed by atoms with Crippen molar-refractivity contribution in [3.05, 3.63) is 82.4 Å². The van der Waals surface area contributed by atoms with E-state index in [1.807, 2.05) is 53.4 Å². The highest BCUT2D eigenvalue weighted by Crippen LogP contribution is 2.49. The predicted molar refractivity (Wildman–Crippen MR) is 135 cm³/mol. The summed E-state index contributed by atoms with van der Waals surface area (Å²) in [5, 5.41) is 13.6. The molecular weight excluding hydrogens is 497 g/mol. The van der Waals surface area contributed by atoms with E-state index < -0.39 is 22.8 Å². The average molecular weight is 518 g/mol. The number of halogens is 2. The first-order valence-corrected chi connectivity index (χ1v) is 11.8. The van der Waals surface area contributed by atoms with Crippen LogP contribution in [0.15, 0.2) is 65.6 Å². The molecule has 0 saturated carbocycles. The van der Waals surface area contributed by atoms with Crippen molar-refractivity contribution in [3.63, 3.8) is 0 Å². The maximum Gasteiger partial charge on any atom is 0.341 e. The molecule has 186 valence electrons. The minimum Gasteiger partial charge on any atom is -1.00 e. The number of hydrogen-bond donors (Lipinski definition) is 2. The summed E-state index contributed by atoms with van der Waals surface area (Å²) < 4.78 is 23.8. The molecule has 1 aromatic heterocycles. The van der Waals surface area contributed by atoms with Crippen molar-refractivity contribution in [1.29, 1.82) is 0 Å². The van der Waals surface area contributed by atoms with Gasteiger partial charge in [-0.05, 0) is 34.4 Å². The number of carbonyl (C=O) groups is 1. The van der Waals surface area contributed by atoms with Crippen molar-refractivity contribution in [2.75, 3.05) is 18.0 Å². The van der Waals surface area contributed by atoms with Crippen LogP contribution in [-0.2, 0) is 0 Å². The second kappa shape index (κ2) is 8.19. The Bertz CT molecular complexity index is 1850. The van der Waals surface area contributed by atoms with Crippen LogP contribution in [0.2, 0.25) is 0 Å². The van der Waals surface area contributed by atoms with Crippen LogP contribution in [0.25, 0.3) is 38.1 Å². The van der Waals surface area contributed by atoms with Crippen LogP contribution in [-0.4, -0.2) is 34.8 Å². The number of benzene rings is 4. The third-order valence-electron chi connectivity index (χ3n) is 7.32. The maximum atomic E-state index is 15.7. The molecule has 1 fully saturated rings. The van der Waals surface area contributed by atoms with Gasteiger partial charge in [-0.15, -0.1) is 0 Å². The Hall–Kier alpha value is -4.14. The SMILES string of the molecule is [Cl-].[NH3+][C@H]1CCN(c2c(F)cc3c(=O)c(C(=O)O)cn4c3c2Oc2c-4ccc3c2ccc2ccccc23)C1. The molecule has 0 radical (unpaired) electrons. The molecule has 4 aromatic carbocycles. The molecule has 37 heavy (non-hydrogen) atoms. The van der Waals surface area contributed by atoms with E-state index in [1.165, 1.54) is 6.20 Å². The molecule has 2 aliphatic rings. The number of nitrogens with zero attached hydrogens (tertiary/aromatic N) is 2. The maximum absolute atomic E-state index is 15.7. The number of anilines is 1. The van der Waals surface area contributed by atoms with Gasteiger partial charge in [0.2, 0.25) is 5.43 Å². The lowest BCUT2D eigenvalue weighted by atomic mass is 9.99. The number of aromatic nitrogens is 1. The zero-order valence-corrected chi connectivity index (χ0v) is 20.3. The summed E-state index contributed by atoms with van der Waals surface area (Å²) in [5.74, 6) is -1.27. The second-order valence-corrected chi connectivity index (χ2v) is 9.48. The van der Waals surface area contributed by atoms with Crippen LogP contribution in [0.1, 0.15) is 16.8 Å². The molecule has 5 aromatic rings. The molecule has 0 unspecified atom stereocenters. The zero-order chi connectivity index (χ0) is 24.7. The second-order valence-electron chi connectivity index (χ2n) is 9.48. The van der Waals surface area contributed by atoms with Crippen LogP contribution in [0.4, 0.5) is 10.1 Å². The topological polar surface area (TPSA) is 99.4 Å². The minimum atomic E-state index is -1.36. The predicted octanol–water partition coefficient (Wildman–Crippen LogP) is 1.06. The largest absolute Gasteiger partial charge is 1.00 e. The lowest BCUT2D eigenvalue weighted by Gasteiger charge is -2.29. The number of quaternary nitrogens is 1. The van der Waals surface area contributed by atoms with E-state index in [0.29, 0.717) is 30.0 Å². The summed E-state index contributed by atoms with van der Waals surface area (Å²) in [6.45, 7) is 1.17. The van der Waals surface area contributed by atoms with Crippen molar-refractivity contribution < 1.29 is 37.2 Å². The van der Waals surface area contributed by atoms with Gasteiger partial charge in [-0.25, -0.2) is 9.18 Å². The first-order chi connectivity index (χ1) is 17.4. The molecule has 0 bridgehead atoms. The van der Waals surface area contributed by atoms with Crippen LogP contribution in [0, 0.1) is 5.82 Å². The fourth-order valence-electron chi connectivity index (χ4n) is 5.63. The Morgan fingerprint density at radius 2 is 1.81 bits per heavy atom. The molecule has 0 spiro atoms. The number of ether oxygens (including phenoxy) is 1. The van der Waals surface area contributed by atoms with Crippen molar-refractivity contribution in [2.24, 2.45) is 0 Å². The summed E-state index contributed by atoms with van der Waals surface area (Å²) in [7, 11) is 0. The number of pyridine rings is 1. The van der Waals surface area contributed by atoms with Crippen molar-refractivity contribution >= 4 is 44.1 Å². The van der Waals surface area contributed by atoms with Gasteiger partial charge in [-0.2, -0.15) is 0 Å². The summed E-state index contributed by atoms with van der Waals surface area (Å²) in [5.41, 5.74) is 4.18. The van der Waals surface area contributed by atoms with Gasteiger partial charge >= 0.3 is 5.97 Å². The summed E-state index contributed by atoms with van der Waals surface area (Å²) in [6, 6.07) is 17.1. The zero-order valence-electron chi connectivity index (χ0n) is 19.5. The van der Waals surface area contributed by atoms with E-state index >= 15 is 4.39 Å². The summed E-state index contributed by atoms with van der Waals surface area (Å²) >= 11 is 0. The lowest BCUT2D eigenvalue weighted by Crippen LogP contribution is -3.00. The number of carboxylic acid groups (broad SMARTS) is 1. The number of rotatable bonds is 2. The third-order valence-corrected chi connectivity index (χ3v) is 7.32. The molecule has 9 heteroatoms. The average Bonchev–Trinajstić information content (AvgIpc) is 3.30. The number of aromatic carboxylic acids is 1. The van der Waals surface area contributed by atoms with E-state index in [0.717, 1.165) is 34.0 Å². The first kappa shape index (κ1) is 23.3. The standard InChI is InChI=1S/C28H20FN3O4.ClH/c29-21-11-19-23-27(24(21)31-10-9-15(30)12-31)36-26-18-6-5-14-3-1-2-4-16(14)17(18)7-8-22(26)32(23)13-20(25(19)33)28(34)35;/h1-8,11,13,15H,9-10,12,30H2,(H,34,35);1H/t15-;/m0./s1. The minimum absolute atomic E-state index is 0. The Morgan fingerprint density at radius 3 is 2.57 bits per heavy atom. The fraction of sp³-hybridized carbons (Fsp3) is 0.143. The van der Waals surface area contributed by atoms with Gasteiger partial charge in [0.05, 0.1) is 17.6 Å². The highest BCUT2D eigenvalue weighted by Gasteiger charge is 2.34. The van der Waals surface area contributed by atoms with Crippen LogP contribution >= 0.6 is 0 Å². The molecule has 7 nitrogen and oxygen atoms in total. The van der Waals surface area contributed by atoms with Gasteiger partial charge in [-0.1, -0.05) is 36.4 Å². The molecule has 0 aliphatic carbocycles. The Kier molecular flexibility index (Phi) is 5.15. The van der Waals surface area contributed by atoms with E-state index in [1.54, 1.807) is 4.57 Å². The highest BCUT2D eigenvalue weighted by atomic mass is 35.5. The van der Waals surface area contributed by atoms with Crippen LogP contribution < -0.4 is 33.2 Å². The Morgan fingerprint density at radius 1 is 1.03 bits per heavy atom. The van der Waals surface area contributed by atoms with Crippen LogP contribution in [0.5, 0.6) is 11.5 Å². The molecular formula is C28H21ClFN3O4. The number of fused-ring (bicyclic) bond motifs is 6. The number of hydrogen-bond acceptors (Lipinski definition) is 4. The third kappa shape index (κ3) is 3.22. The normalized spacial score (nSPS) is 16.1. The van der Waals surface area contributed by atoms with Gasteiger partial charge in [-0.3, -0.25) is 4.79 Å². The van der Waals surface area contributed by atoms with Gasteiger partial charge in [0.15, 0.2) is 17.3 Å². The molecule has 4 N–H and O–H groups in total. The smallest absolute Gasteiger partial charge is 0.341 e. The fourth-order valence-corrected chi connectivity index (χ4v) is 5.63. The Balaban J connectivity index is 0.00000252. The van der Waals surface area contributed by atoms with Gasteiger partial charge in [0.1, 0.15) is 22.8 Å². The molecule has 1 atom stereocenters. The van der Waals surface area contributed by atoms with E-state index in [9.17, 15) is 14.7 Å². The number of carboxylic acids is 1. The van der Waals surface area contributed by atoms with Gasteiger partial charge in [0.25, 0.3) is 0 Å². The van der Waals surface area contributed by atoms with Gasteiger partial charge < -0.3 is 37.5 Å². The van der Waals surface area contributed by atoms with Crippen LogP contribution in [0.3, 0.4) is 0 Å². The molecule has 3 heterocycles. The van der Waals surface area contributed by atoms with E-state index in [4.69, 9.17) is 4.74 Å². The monoisotopic (exact) mass is 517 g/mol. The highest BCUT2D eigenvalue weighted by molar-refractivity contribution is 6.11. The lowest BCUT2D eigenvalue weighted by molar-refractivity contribution is -0.412.